The van der Waals surface area contributed by atoms with Crippen molar-refractivity contribution in [1.82, 2.24) is 9.80 Å². The number of halogens is 1. The van der Waals surface area contributed by atoms with Gasteiger partial charge in [-0.15, -0.1) is 0 Å². The summed E-state index contributed by atoms with van der Waals surface area (Å²) in [5.41, 5.74) is 1.22. The fraction of sp³-hybridized carbons (Fsp3) is 0.440. The second-order valence-electron chi connectivity index (χ2n) is 8.77. The molecule has 170 valence electrons. The molecule has 2 saturated heterocycles. The van der Waals surface area contributed by atoms with Crippen molar-refractivity contribution >= 4 is 17.5 Å². The highest BCUT2D eigenvalue weighted by molar-refractivity contribution is 5.97. The van der Waals surface area contributed by atoms with Crippen LogP contribution in [-0.2, 0) is 4.79 Å². The minimum atomic E-state index is -0.320. The van der Waals surface area contributed by atoms with Gasteiger partial charge in [-0.25, -0.2) is 4.39 Å². The van der Waals surface area contributed by atoms with Crippen molar-refractivity contribution < 1.29 is 18.7 Å². The summed E-state index contributed by atoms with van der Waals surface area (Å²) in [6.45, 7) is 2.12. The number of anilines is 1. The zero-order valence-electron chi connectivity index (χ0n) is 18.6. The first kappa shape index (κ1) is 22.3. The van der Waals surface area contributed by atoms with Crippen LogP contribution in [0.2, 0.25) is 0 Å². The average Bonchev–Trinajstić information content (AvgIpc) is 3.22. The highest BCUT2D eigenvalue weighted by atomic mass is 19.1. The Morgan fingerprint density at radius 3 is 2.44 bits per heavy atom. The van der Waals surface area contributed by atoms with E-state index in [2.05, 4.69) is 17.3 Å². The van der Waals surface area contributed by atoms with Crippen LogP contribution in [0.3, 0.4) is 0 Å². The molecule has 2 atom stereocenters. The van der Waals surface area contributed by atoms with Crippen LogP contribution in [0, 0.1) is 17.7 Å². The van der Waals surface area contributed by atoms with Gasteiger partial charge in [0.15, 0.2) is 0 Å². The smallest absolute Gasteiger partial charge is 0.257 e. The zero-order chi connectivity index (χ0) is 22.7. The predicted octanol–water partition coefficient (Wildman–Crippen LogP) is 3.65. The summed E-state index contributed by atoms with van der Waals surface area (Å²) in [5, 5.41) is 2.91. The Balaban J connectivity index is 1.32. The normalized spacial score (nSPS) is 22.0. The minimum absolute atomic E-state index is 0.0113. The molecule has 7 heteroatoms. The number of rotatable bonds is 5. The first-order chi connectivity index (χ1) is 15.5. The molecule has 1 N–H and O–H groups in total. The summed E-state index contributed by atoms with van der Waals surface area (Å²) >= 11 is 0. The van der Waals surface area contributed by atoms with Crippen LogP contribution in [0.5, 0.6) is 5.75 Å². The van der Waals surface area contributed by atoms with Gasteiger partial charge in [0.25, 0.3) is 5.91 Å². The van der Waals surface area contributed by atoms with Gasteiger partial charge in [0, 0.05) is 31.4 Å². The molecular weight excluding hydrogens is 409 g/mol. The maximum absolute atomic E-state index is 13.1. The highest BCUT2D eigenvalue weighted by Gasteiger charge is 2.39. The molecule has 0 unspecified atom stereocenters. The number of carbonyl (C=O) groups excluding carboxylic acids is 2. The monoisotopic (exact) mass is 439 g/mol. The number of hydrogen-bond donors (Lipinski definition) is 1. The third-order valence-corrected chi connectivity index (χ3v) is 6.79. The summed E-state index contributed by atoms with van der Waals surface area (Å²) in [6.07, 6.45) is 2.64. The van der Waals surface area contributed by atoms with E-state index in [0.29, 0.717) is 48.6 Å². The largest absolute Gasteiger partial charge is 0.496 e. The first-order valence-electron chi connectivity index (χ1n) is 11.1. The van der Waals surface area contributed by atoms with E-state index in [1.54, 1.807) is 19.2 Å². The van der Waals surface area contributed by atoms with Gasteiger partial charge >= 0.3 is 0 Å². The summed E-state index contributed by atoms with van der Waals surface area (Å²) in [7, 11) is 3.65. The van der Waals surface area contributed by atoms with Gasteiger partial charge in [-0.05, 0) is 68.6 Å². The Hall–Kier alpha value is -2.93. The summed E-state index contributed by atoms with van der Waals surface area (Å²) in [5.74, 6) is 0.630. The van der Waals surface area contributed by atoms with Gasteiger partial charge in [0.05, 0.1) is 18.6 Å². The van der Waals surface area contributed by atoms with Crippen LogP contribution in [0.15, 0.2) is 48.5 Å². The number of para-hydroxylation sites is 1. The molecule has 0 aromatic heterocycles. The molecule has 6 nitrogen and oxygen atoms in total. The van der Waals surface area contributed by atoms with Gasteiger partial charge in [-0.1, -0.05) is 12.1 Å². The topological polar surface area (TPSA) is 61.9 Å². The van der Waals surface area contributed by atoms with E-state index >= 15 is 0 Å². The number of methoxy groups -OCH3 is 1. The number of amides is 2. The number of piperidine rings is 1. The highest BCUT2D eigenvalue weighted by Crippen LogP contribution is 2.34. The van der Waals surface area contributed by atoms with Crippen LogP contribution in [0.4, 0.5) is 10.1 Å². The Kier molecular flexibility index (Phi) is 6.74. The van der Waals surface area contributed by atoms with E-state index in [1.807, 2.05) is 29.2 Å². The molecule has 2 aliphatic heterocycles. The molecule has 2 amide bonds. The number of ether oxygens (including phenoxy) is 1. The van der Waals surface area contributed by atoms with Crippen molar-refractivity contribution in [2.75, 3.05) is 39.1 Å². The maximum Gasteiger partial charge on any atom is 0.257 e. The summed E-state index contributed by atoms with van der Waals surface area (Å²) in [6, 6.07) is 13.5. The molecule has 2 aliphatic rings. The van der Waals surface area contributed by atoms with Crippen molar-refractivity contribution in [3.05, 3.63) is 59.9 Å². The molecule has 0 saturated carbocycles. The van der Waals surface area contributed by atoms with E-state index < -0.39 is 0 Å². The average molecular weight is 440 g/mol. The standard InChI is InChI=1S/C25H30FN3O3/c1-28-16-18(24(30)27-20-9-7-19(26)8-10-20)15-22(28)17-11-13-29(14-12-17)25(31)21-5-3-4-6-23(21)32-2/h3-10,17-18,22H,11-16H2,1-2H3,(H,27,30)/t18-,22+/m0/s1. The second kappa shape index (κ2) is 9.69. The molecular formula is C25H30FN3O3. The van der Waals surface area contributed by atoms with Gasteiger partial charge in [0.2, 0.25) is 5.91 Å². The third kappa shape index (κ3) is 4.78. The van der Waals surface area contributed by atoms with Crippen LogP contribution < -0.4 is 10.1 Å². The quantitative estimate of drug-likeness (QED) is 0.773. The molecule has 2 heterocycles. The number of nitrogens with one attached hydrogen (secondary N) is 1. The minimum Gasteiger partial charge on any atom is -0.496 e. The van der Waals surface area contributed by atoms with E-state index in [9.17, 15) is 14.0 Å². The van der Waals surface area contributed by atoms with Crippen molar-refractivity contribution in [3.8, 4) is 5.75 Å². The van der Waals surface area contributed by atoms with Crippen LogP contribution in [0.25, 0.3) is 0 Å². The molecule has 0 aliphatic carbocycles. The predicted molar refractivity (Wildman–Crippen MR) is 121 cm³/mol. The van der Waals surface area contributed by atoms with E-state index in [4.69, 9.17) is 4.74 Å². The molecule has 0 bridgehead atoms. The van der Waals surface area contributed by atoms with Crippen LogP contribution in [0.1, 0.15) is 29.6 Å². The van der Waals surface area contributed by atoms with Gasteiger partial charge < -0.3 is 19.9 Å². The lowest BCUT2D eigenvalue weighted by molar-refractivity contribution is -0.119. The number of carbonyl (C=O) groups is 2. The van der Waals surface area contributed by atoms with Gasteiger partial charge in [0.1, 0.15) is 11.6 Å². The lowest BCUT2D eigenvalue weighted by atomic mass is 9.86. The molecule has 2 aromatic carbocycles. The number of likely N-dealkylation sites (tertiary alicyclic amines) is 2. The first-order valence-corrected chi connectivity index (χ1v) is 11.1. The SMILES string of the molecule is COc1ccccc1C(=O)N1CCC([C@H]2C[C@H](C(=O)Nc3ccc(F)cc3)CN2C)CC1. The van der Waals surface area contributed by atoms with Crippen LogP contribution >= 0.6 is 0 Å². The Morgan fingerprint density at radius 2 is 1.75 bits per heavy atom. The lowest BCUT2D eigenvalue weighted by Crippen LogP contribution is -2.43. The molecule has 32 heavy (non-hydrogen) atoms. The molecule has 0 radical (unpaired) electrons. The van der Waals surface area contributed by atoms with Crippen molar-refractivity contribution in [2.45, 2.75) is 25.3 Å². The van der Waals surface area contributed by atoms with E-state index in [-0.39, 0.29) is 23.5 Å². The molecule has 2 aromatic rings. The van der Waals surface area contributed by atoms with Crippen LogP contribution in [-0.4, -0.2) is 61.4 Å². The summed E-state index contributed by atoms with van der Waals surface area (Å²) in [4.78, 5) is 29.9. The van der Waals surface area contributed by atoms with Gasteiger partial charge in [-0.3, -0.25) is 9.59 Å². The fourth-order valence-electron chi connectivity index (χ4n) is 5.03. The van der Waals surface area contributed by atoms with E-state index in [1.165, 1.54) is 12.1 Å². The second-order valence-corrected chi connectivity index (χ2v) is 8.77. The van der Waals surface area contributed by atoms with Crippen molar-refractivity contribution in [3.63, 3.8) is 0 Å². The van der Waals surface area contributed by atoms with Crippen molar-refractivity contribution in [1.29, 1.82) is 0 Å². The maximum atomic E-state index is 13.1. The molecule has 2 fully saturated rings. The molecule has 4 rings (SSSR count). The lowest BCUT2D eigenvalue weighted by Gasteiger charge is -2.37. The van der Waals surface area contributed by atoms with E-state index in [0.717, 1.165) is 19.3 Å². The number of nitrogens with zero attached hydrogens (tertiary/aromatic N) is 2. The number of hydrogen-bond acceptors (Lipinski definition) is 4. The van der Waals surface area contributed by atoms with Gasteiger partial charge in [-0.2, -0.15) is 0 Å². The Morgan fingerprint density at radius 1 is 1.06 bits per heavy atom. The third-order valence-electron chi connectivity index (χ3n) is 6.79. The summed E-state index contributed by atoms with van der Waals surface area (Å²) < 4.78 is 18.4. The molecule has 0 spiro atoms. The Labute approximate surface area is 188 Å². The Bertz CT molecular complexity index is 957. The number of benzene rings is 2. The fourth-order valence-corrected chi connectivity index (χ4v) is 5.03. The van der Waals surface area contributed by atoms with Crippen molar-refractivity contribution in [2.24, 2.45) is 11.8 Å². The zero-order valence-corrected chi connectivity index (χ0v) is 18.6.